The van der Waals surface area contributed by atoms with E-state index in [1.54, 1.807) is 0 Å². The van der Waals surface area contributed by atoms with Crippen LogP contribution in [0.3, 0.4) is 0 Å². The Morgan fingerprint density at radius 1 is 1.17 bits per heavy atom. The standard InChI is InChI=1S/H2O4S.Ru/c1-5(2,3)4;/h(H2,1,2,3,4);. The van der Waals surface area contributed by atoms with Crippen LogP contribution in [0, 0.1) is 0 Å². The minimum absolute atomic E-state index is 0. The first-order valence-corrected chi connectivity index (χ1v) is 2.10. The Kier molecular flexibility index (Phi) is 4.25. The molecule has 0 aliphatic carbocycles. The Labute approximate surface area is 47.9 Å². The Bertz CT molecular complexity index is 90.7. The summed E-state index contributed by atoms with van der Waals surface area (Å²) >= 11 is 0. The Morgan fingerprint density at radius 2 is 1.17 bits per heavy atom. The zero-order valence-electron chi connectivity index (χ0n) is 2.47. The van der Waals surface area contributed by atoms with Gasteiger partial charge in [0, 0.05) is 19.5 Å². The summed E-state index contributed by atoms with van der Waals surface area (Å²) < 4.78 is 31.6. The average molecular weight is 199 g/mol. The molecule has 0 fully saturated rings. The van der Waals surface area contributed by atoms with Gasteiger partial charge in [0.1, 0.15) is 0 Å². The summed E-state index contributed by atoms with van der Waals surface area (Å²) in [5, 5.41) is 0. The van der Waals surface area contributed by atoms with Crippen molar-refractivity contribution < 1.29 is 37.0 Å². The van der Waals surface area contributed by atoms with Crippen LogP contribution in [0.5, 0.6) is 0 Å². The van der Waals surface area contributed by atoms with Crippen molar-refractivity contribution in [1.29, 1.82) is 0 Å². The second kappa shape index (κ2) is 2.63. The van der Waals surface area contributed by atoms with E-state index in [0.29, 0.717) is 0 Å². The maximum Gasteiger partial charge on any atom is 0.394 e. The van der Waals surface area contributed by atoms with Crippen molar-refractivity contribution in [3.8, 4) is 0 Å². The first-order valence-electron chi connectivity index (χ1n) is 0.698. The molecule has 0 aromatic heterocycles. The largest absolute Gasteiger partial charge is 0.394 e. The molecule has 0 unspecified atom stereocenters. The number of hydrogen-bond acceptors (Lipinski definition) is 2. The van der Waals surface area contributed by atoms with Gasteiger partial charge < -0.3 is 0 Å². The number of rotatable bonds is 0. The average Bonchev–Trinajstić information content (AvgIpc) is 0.722. The summed E-state index contributed by atoms with van der Waals surface area (Å²) in [6.07, 6.45) is 0. The van der Waals surface area contributed by atoms with Crippen molar-refractivity contribution in [3.05, 3.63) is 0 Å². The van der Waals surface area contributed by atoms with Crippen molar-refractivity contribution in [1.82, 2.24) is 0 Å². The van der Waals surface area contributed by atoms with Gasteiger partial charge in [-0.3, -0.25) is 9.11 Å². The van der Waals surface area contributed by atoms with E-state index in [1.807, 2.05) is 0 Å². The smallest absolute Gasteiger partial charge is 0.264 e. The molecule has 6 heteroatoms. The van der Waals surface area contributed by atoms with Gasteiger partial charge in [-0.2, -0.15) is 8.42 Å². The van der Waals surface area contributed by atoms with Crippen molar-refractivity contribution in [2.24, 2.45) is 0 Å². The molecular formula is H2O4RuS. The van der Waals surface area contributed by atoms with E-state index in [0.717, 1.165) is 0 Å². The van der Waals surface area contributed by atoms with E-state index < -0.39 is 10.4 Å². The molecule has 4 nitrogen and oxygen atoms in total. The second-order valence-electron chi connectivity index (χ2n) is 0.448. The first kappa shape index (κ1) is 9.71. The van der Waals surface area contributed by atoms with E-state index in [1.165, 1.54) is 0 Å². The SMILES string of the molecule is O=S(=O)(O)O.[Ru]. The van der Waals surface area contributed by atoms with Crippen molar-refractivity contribution >= 4 is 10.4 Å². The molecule has 0 aliphatic heterocycles. The molecule has 0 bridgehead atoms. The Balaban J connectivity index is 0. The summed E-state index contributed by atoms with van der Waals surface area (Å²) in [5.74, 6) is 0. The van der Waals surface area contributed by atoms with Gasteiger partial charge in [0.2, 0.25) is 0 Å². The Morgan fingerprint density at radius 3 is 1.17 bits per heavy atom. The summed E-state index contributed by atoms with van der Waals surface area (Å²) in [6.45, 7) is 0. The van der Waals surface area contributed by atoms with Crippen LogP contribution in [-0.4, -0.2) is 17.5 Å². The normalized spacial score (nSPS) is 9.67. The summed E-state index contributed by atoms with van der Waals surface area (Å²) in [7, 11) is -4.67. The molecule has 0 rings (SSSR count). The third-order valence-electron chi connectivity index (χ3n) is 0. The van der Waals surface area contributed by atoms with Gasteiger partial charge in [-0.05, 0) is 0 Å². The van der Waals surface area contributed by atoms with Crippen LogP contribution < -0.4 is 0 Å². The third-order valence-corrected chi connectivity index (χ3v) is 0. The predicted octanol–water partition coefficient (Wildman–Crippen LogP) is -0.655. The van der Waals surface area contributed by atoms with E-state index in [9.17, 15) is 0 Å². The van der Waals surface area contributed by atoms with Crippen LogP contribution >= 0.6 is 0 Å². The maximum atomic E-state index is 8.74. The molecule has 0 aromatic carbocycles. The van der Waals surface area contributed by atoms with Crippen molar-refractivity contribution in [2.45, 2.75) is 0 Å². The molecule has 0 atom stereocenters. The third kappa shape index (κ3) is 225. The zero-order chi connectivity index (χ0) is 4.50. The van der Waals surface area contributed by atoms with Crippen LogP contribution in [0.25, 0.3) is 0 Å². The minimum Gasteiger partial charge on any atom is -0.264 e. The van der Waals surface area contributed by atoms with Gasteiger partial charge in [0.05, 0.1) is 0 Å². The molecule has 6 heavy (non-hydrogen) atoms. The van der Waals surface area contributed by atoms with Gasteiger partial charge in [-0.15, -0.1) is 0 Å². The fourth-order valence-electron chi connectivity index (χ4n) is 0. The predicted molar refractivity (Wildman–Crippen MR) is 14.2 cm³/mol. The topological polar surface area (TPSA) is 74.6 Å². The molecule has 0 saturated carbocycles. The fraction of sp³-hybridized carbons (Fsp3) is 0. The van der Waals surface area contributed by atoms with Gasteiger partial charge in [0.15, 0.2) is 0 Å². The van der Waals surface area contributed by atoms with E-state index in [4.69, 9.17) is 17.5 Å². The quantitative estimate of drug-likeness (QED) is 0.401. The summed E-state index contributed by atoms with van der Waals surface area (Å²) in [5.41, 5.74) is 0. The summed E-state index contributed by atoms with van der Waals surface area (Å²) in [4.78, 5) is 0. The van der Waals surface area contributed by atoms with Gasteiger partial charge >= 0.3 is 10.4 Å². The molecule has 0 aliphatic rings. The van der Waals surface area contributed by atoms with Gasteiger partial charge in [0.25, 0.3) is 0 Å². The molecule has 0 radical (unpaired) electrons. The maximum absolute atomic E-state index is 8.74. The molecule has 0 aromatic rings. The number of hydrogen-bond donors (Lipinski definition) is 2. The molecule has 2 N–H and O–H groups in total. The molecule has 0 heterocycles. The monoisotopic (exact) mass is 200 g/mol. The minimum atomic E-state index is -4.67. The second-order valence-corrected chi connectivity index (χ2v) is 1.34. The molecule has 40 valence electrons. The van der Waals surface area contributed by atoms with Crippen LogP contribution in [0.1, 0.15) is 0 Å². The van der Waals surface area contributed by atoms with Crippen molar-refractivity contribution in [3.63, 3.8) is 0 Å². The zero-order valence-corrected chi connectivity index (χ0v) is 5.03. The van der Waals surface area contributed by atoms with Gasteiger partial charge in [-0.1, -0.05) is 0 Å². The Hall–Kier alpha value is 0.493. The van der Waals surface area contributed by atoms with Crippen LogP contribution in [-0.2, 0) is 29.9 Å². The van der Waals surface area contributed by atoms with Crippen LogP contribution in [0.15, 0.2) is 0 Å². The molecular weight excluding hydrogens is 197 g/mol. The molecule has 0 amide bonds. The molecule has 0 saturated heterocycles. The molecule has 0 spiro atoms. The first-order chi connectivity index (χ1) is 2.00. The van der Waals surface area contributed by atoms with Crippen LogP contribution in [0.2, 0.25) is 0 Å². The van der Waals surface area contributed by atoms with Gasteiger partial charge in [-0.25, -0.2) is 0 Å². The van der Waals surface area contributed by atoms with E-state index in [2.05, 4.69) is 0 Å². The van der Waals surface area contributed by atoms with E-state index >= 15 is 0 Å². The fourth-order valence-corrected chi connectivity index (χ4v) is 0. The van der Waals surface area contributed by atoms with Crippen molar-refractivity contribution in [2.75, 3.05) is 0 Å². The van der Waals surface area contributed by atoms with Crippen LogP contribution in [0.4, 0.5) is 0 Å². The summed E-state index contributed by atoms with van der Waals surface area (Å²) in [6, 6.07) is 0. The van der Waals surface area contributed by atoms with E-state index in [-0.39, 0.29) is 19.5 Å².